The molecule has 2 atom stereocenters. The molecule has 1 aromatic heterocycles. The van der Waals surface area contributed by atoms with Gasteiger partial charge in [0.2, 0.25) is 12.3 Å². The molecule has 11 nitrogen and oxygen atoms in total. The zero-order valence-electron chi connectivity index (χ0n) is 25.6. The Kier molecular flexibility index (Phi) is 10.2. The van der Waals surface area contributed by atoms with E-state index < -0.39 is 53.5 Å². The Labute approximate surface area is 274 Å². The number of benzene rings is 2. The van der Waals surface area contributed by atoms with E-state index in [9.17, 15) is 19.2 Å². The van der Waals surface area contributed by atoms with Crippen LogP contribution >= 0.6 is 23.5 Å². The van der Waals surface area contributed by atoms with Gasteiger partial charge < -0.3 is 24.0 Å². The highest BCUT2D eigenvalue weighted by Crippen LogP contribution is 2.44. The number of nitrogens with zero attached hydrogens (tertiary/aromatic N) is 2. The first-order valence-corrected chi connectivity index (χ1v) is 16.6. The van der Waals surface area contributed by atoms with E-state index in [-0.39, 0.29) is 17.2 Å². The van der Waals surface area contributed by atoms with Gasteiger partial charge in [-0.3, -0.25) is 14.5 Å². The third kappa shape index (κ3) is 7.48. The zero-order valence-corrected chi connectivity index (χ0v) is 27.3. The maximum atomic E-state index is 13.8. The van der Waals surface area contributed by atoms with Gasteiger partial charge in [0.1, 0.15) is 22.7 Å². The normalized spacial score (nSPS) is 18.1. The largest absolute Gasteiger partial charge is 0.462 e. The van der Waals surface area contributed by atoms with Crippen LogP contribution in [0.25, 0.3) is 0 Å². The first-order valence-electron chi connectivity index (χ1n) is 14.4. The monoisotopic (exact) mass is 663 g/mol. The third-order valence-corrected chi connectivity index (χ3v) is 9.11. The number of rotatable bonds is 11. The number of carbonyl (C=O) groups is 4. The van der Waals surface area contributed by atoms with Crippen molar-refractivity contribution in [2.45, 2.75) is 43.9 Å². The number of thioether (sulfide) groups is 2. The molecule has 2 aromatic carbocycles. The molecule has 240 valence electrons. The first-order chi connectivity index (χ1) is 22.1. The van der Waals surface area contributed by atoms with Crippen LogP contribution in [0.15, 0.2) is 99.2 Å². The molecule has 0 bridgehead atoms. The molecule has 1 unspecified atom stereocenters. The number of amides is 2. The maximum Gasteiger partial charge on any atom is 0.356 e. The fraction of sp³-hybridized carbons (Fsp3) is 0.303. The Morgan fingerprint density at radius 1 is 1.04 bits per heavy atom. The molecule has 46 heavy (non-hydrogen) atoms. The Morgan fingerprint density at radius 2 is 1.70 bits per heavy atom. The molecule has 2 aliphatic rings. The van der Waals surface area contributed by atoms with Crippen LogP contribution in [0.1, 0.15) is 43.8 Å². The average Bonchev–Trinajstić information content (AvgIpc) is 3.58. The third-order valence-electron chi connectivity index (χ3n) is 6.82. The lowest BCUT2D eigenvalue weighted by Gasteiger charge is -2.49. The van der Waals surface area contributed by atoms with E-state index in [2.05, 4.69) is 10.5 Å². The smallest absolute Gasteiger partial charge is 0.356 e. The average molecular weight is 664 g/mol. The van der Waals surface area contributed by atoms with E-state index in [0.717, 1.165) is 11.1 Å². The molecule has 2 aliphatic heterocycles. The summed E-state index contributed by atoms with van der Waals surface area (Å²) in [5.41, 5.74) is 0.736. The SMILES string of the molecule is CSC1=C(C(=O)OC(c2ccccc2)c2ccccc2)N2C(=O)C(NC(=O)C(=NOCC(=O)OC(C)(C)C)c3ccco3)[C@@H]2SC1. The van der Waals surface area contributed by atoms with Gasteiger partial charge in [-0.15, -0.1) is 23.5 Å². The fourth-order valence-electron chi connectivity index (χ4n) is 4.83. The molecule has 13 heteroatoms. The molecular weight excluding hydrogens is 631 g/mol. The Hall–Kier alpha value is -4.49. The number of hydrogen-bond donors (Lipinski definition) is 1. The van der Waals surface area contributed by atoms with Gasteiger partial charge >= 0.3 is 11.9 Å². The number of furan rings is 1. The summed E-state index contributed by atoms with van der Waals surface area (Å²) in [5, 5.41) is 5.96. The van der Waals surface area contributed by atoms with E-state index in [1.54, 1.807) is 26.8 Å². The lowest BCUT2D eigenvalue weighted by molar-refractivity contribution is -0.160. The number of hydrogen-bond acceptors (Lipinski definition) is 11. The van der Waals surface area contributed by atoms with Crippen LogP contribution in [0.4, 0.5) is 0 Å². The quantitative estimate of drug-likeness (QED) is 0.134. The van der Waals surface area contributed by atoms with Gasteiger partial charge in [-0.05, 0) is 50.3 Å². The summed E-state index contributed by atoms with van der Waals surface area (Å²) in [6, 6.07) is 20.8. The number of ether oxygens (including phenoxy) is 2. The van der Waals surface area contributed by atoms with Crippen LogP contribution in [-0.4, -0.2) is 70.0 Å². The number of esters is 2. The minimum Gasteiger partial charge on any atom is -0.462 e. The van der Waals surface area contributed by atoms with E-state index in [4.69, 9.17) is 18.7 Å². The van der Waals surface area contributed by atoms with Gasteiger partial charge in [0.05, 0.1) is 6.26 Å². The second kappa shape index (κ2) is 14.3. The molecule has 5 rings (SSSR count). The Morgan fingerprint density at radius 3 is 2.26 bits per heavy atom. The number of fused-ring (bicyclic) bond motifs is 1. The van der Waals surface area contributed by atoms with Gasteiger partial charge in [-0.1, -0.05) is 65.8 Å². The van der Waals surface area contributed by atoms with Crippen LogP contribution < -0.4 is 5.32 Å². The van der Waals surface area contributed by atoms with E-state index in [1.165, 1.54) is 40.8 Å². The van der Waals surface area contributed by atoms with Crippen LogP contribution in [0, 0.1) is 0 Å². The summed E-state index contributed by atoms with van der Waals surface area (Å²) in [6.07, 6.45) is 2.49. The van der Waals surface area contributed by atoms with Gasteiger partial charge in [0, 0.05) is 10.7 Å². The van der Waals surface area contributed by atoms with Crippen LogP contribution in [-0.2, 0) is 33.5 Å². The lowest BCUT2D eigenvalue weighted by atomic mass is 10.0. The maximum absolute atomic E-state index is 13.8. The van der Waals surface area contributed by atoms with Crippen molar-refractivity contribution in [1.29, 1.82) is 0 Å². The number of β-lactam (4-membered cyclic amide) rings is 1. The Bertz CT molecular complexity index is 1600. The number of oxime groups is 1. The molecule has 0 radical (unpaired) electrons. The summed E-state index contributed by atoms with van der Waals surface area (Å²) in [7, 11) is 0. The summed E-state index contributed by atoms with van der Waals surface area (Å²) < 4.78 is 16.7. The van der Waals surface area contributed by atoms with Gasteiger partial charge in [-0.2, -0.15) is 0 Å². The number of carbonyl (C=O) groups excluding carboxylic acids is 4. The van der Waals surface area contributed by atoms with Crippen molar-refractivity contribution in [1.82, 2.24) is 10.2 Å². The second-order valence-electron chi connectivity index (χ2n) is 11.2. The molecule has 2 amide bonds. The summed E-state index contributed by atoms with van der Waals surface area (Å²) in [5.74, 6) is -2.03. The van der Waals surface area contributed by atoms with Crippen molar-refractivity contribution in [2.24, 2.45) is 5.16 Å². The minimum absolute atomic E-state index is 0.0725. The first kappa shape index (κ1) is 32.9. The van der Waals surface area contributed by atoms with Crippen LogP contribution in [0.3, 0.4) is 0 Å². The number of nitrogens with one attached hydrogen (secondary N) is 1. The van der Waals surface area contributed by atoms with Crippen molar-refractivity contribution in [3.63, 3.8) is 0 Å². The Balaban J connectivity index is 1.32. The highest BCUT2D eigenvalue weighted by Gasteiger charge is 2.55. The van der Waals surface area contributed by atoms with Crippen molar-refractivity contribution in [3.05, 3.63) is 107 Å². The fourth-order valence-corrected chi connectivity index (χ4v) is 7.07. The molecule has 3 aromatic rings. The summed E-state index contributed by atoms with van der Waals surface area (Å²) in [4.78, 5) is 60.0. The molecule has 3 heterocycles. The zero-order chi connectivity index (χ0) is 32.8. The van der Waals surface area contributed by atoms with Crippen molar-refractivity contribution in [3.8, 4) is 0 Å². The van der Waals surface area contributed by atoms with Crippen molar-refractivity contribution >= 4 is 53.0 Å². The summed E-state index contributed by atoms with van der Waals surface area (Å²) in [6.45, 7) is 4.60. The van der Waals surface area contributed by atoms with Gasteiger partial charge in [0.15, 0.2) is 11.9 Å². The topological polar surface area (TPSA) is 137 Å². The highest BCUT2D eigenvalue weighted by atomic mass is 32.2. The molecule has 0 spiro atoms. The second-order valence-corrected chi connectivity index (χ2v) is 13.2. The van der Waals surface area contributed by atoms with Crippen molar-refractivity contribution in [2.75, 3.05) is 18.6 Å². The highest BCUT2D eigenvalue weighted by molar-refractivity contribution is 8.05. The van der Waals surface area contributed by atoms with Gasteiger partial charge in [-0.25, -0.2) is 9.59 Å². The molecule has 0 saturated carbocycles. The molecule has 1 fully saturated rings. The predicted molar refractivity (Wildman–Crippen MR) is 173 cm³/mol. The molecular formula is C33H33N3O8S2. The molecule has 1 N–H and O–H groups in total. The summed E-state index contributed by atoms with van der Waals surface area (Å²) >= 11 is 2.78. The van der Waals surface area contributed by atoms with E-state index in [1.807, 2.05) is 66.9 Å². The lowest BCUT2D eigenvalue weighted by Crippen LogP contribution is -2.71. The molecule has 0 aliphatic carbocycles. The van der Waals surface area contributed by atoms with Crippen LogP contribution in [0.5, 0.6) is 0 Å². The standard InChI is InChI=1S/C33H33N3O8S2/c1-33(2,3)44-24(37)18-42-35-25(22-16-11-17-41-22)29(38)34-26-30(39)36-27(23(45-4)19-46-31(26)36)32(40)43-28(20-12-7-5-8-13-20)21-14-9-6-10-15-21/h5-17,26,28,31H,18-19H2,1-4H3,(H,34,38)/t26?,31-/m0/s1. The van der Waals surface area contributed by atoms with E-state index >= 15 is 0 Å². The van der Waals surface area contributed by atoms with E-state index in [0.29, 0.717) is 10.7 Å². The van der Waals surface area contributed by atoms with Crippen LogP contribution in [0.2, 0.25) is 0 Å². The van der Waals surface area contributed by atoms with Crippen molar-refractivity contribution < 1.29 is 37.9 Å². The van der Waals surface area contributed by atoms with Gasteiger partial charge in [0.25, 0.3) is 11.8 Å². The minimum atomic E-state index is -0.964. The molecule has 1 saturated heterocycles. The predicted octanol–water partition coefficient (Wildman–Crippen LogP) is 4.65.